The Morgan fingerprint density at radius 1 is 1.04 bits per heavy atom. The minimum Gasteiger partial charge on any atom is -0.454 e. The summed E-state index contributed by atoms with van der Waals surface area (Å²) >= 11 is 0. The number of fused-ring (bicyclic) bond motifs is 1. The van der Waals surface area contributed by atoms with Gasteiger partial charge in [-0.05, 0) is 50.6 Å². The first-order valence-corrected chi connectivity index (χ1v) is 10.3. The quantitative estimate of drug-likeness (QED) is 0.713. The molecule has 4 rings (SSSR count). The van der Waals surface area contributed by atoms with Crippen molar-refractivity contribution >= 4 is 10.0 Å². The van der Waals surface area contributed by atoms with Gasteiger partial charge in [0.15, 0.2) is 11.5 Å². The average Bonchev–Trinajstić information content (AvgIpc) is 3.24. The lowest BCUT2D eigenvalue weighted by atomic mass is 10.2. The van der Waals surface area contributed by atoms with Crippen molar-refractivity contribution < 1.29 is 17.9 Å². The van der Waals surface area contributed by atoms with Gasteiger partial charge in [0.1, 0.15) is 4.90 Å². The summed E-state index contributed by atoms with van der Waals surface area (Å²) in [5, 5.41) is 4.44. The highest BCUT2D eigenvalue weighted by Gasteiger charge is 2.25. The van der Waals surface area contributed by atoms with Gasteiger partial charge in [-0.25, -0.2) is 17.8 Å². The van der Waals surface area contributed by atoms with Gasteiger partial charge in [-0.15, -0.1) is 0 Å². The molecule has 1 N–H and O–H groups in total. The molecule has 0 saturated carbocycles. The Hall–Kier alpha value is -2.84. The second-order valence-corrected chi connectivity index (χ2v) is 8.46. The SMILES string of the molecule is Cc1ccc(-n2nc(C)c(S(=O)(=O)NCc3ccc4c(c3)OCO4)c2C)cc1. The van der Waals surface area contributed by atoms with Crippen LogP contribution in [0.25, 0.3) is 5.69 Å². The van der Waals surface area contributed by atoms with Crippen LogP contribution in [0.3, 0.4) is 0 Å². The predicted molar refractivity (Wildman–Crippen MR) is 104 cm³/mol. The summed E-state index contributed by atoms with van der Waals surface area (Å²) in [5.74, 6) is 1.29. The molecule has 1 aliphatic rings. The molecular weight excluding hydrogens is 378 g/mol. The molecule has 146 valence electrons. The van der Waals surface area contributed by atoms with E-state index < -0.39 is 10.0 Å². The van der Waals surface area contributed by atoms with Gasteiger partial charge in [0.25, 0.3) is 0 Å². The molecular formula is C20H21N3O4S. The van der Waals surface area contributed by atoms with Crippen LogP contribution < -0.4 is 14.2 Å². The molecule has 0 atom stereocenters. The fourth-order valence-corrected chi connectivity index (χ4v) is 4.66. The number of nitrogens with one attached hydrogen (secondary N) is 1. The number of aromatic nitrogens is 2. The Labute approximate surface area is 164 Å². The first-order valence-electron chi connectivity index (χ1n) is 8.86. The highest BCUT2D eigenvalue weighted by atomic mass is 32.2. The highest BCUT2D eigenvalue weighted by Crippen LogP contribution is 2.32. The molecule has 1 aromatic heterocycles. The number of hydrogen-bond acceptors (Lipinski definition) is 5. The summed E-state index contributed by atoms with van der Waals surface area (Å²) in [6, 6.07) is 13.1. The summed E-state index contributed by atoms with van der Waals surface area (Å²) in [6.45, 7) is 5.79. The van der Waals surface area contributed by atoms with Gasteiger partial charge < -0.3 is 9.47 Å². The van der Waals surface area contributed by atoms with Gasteiger partial charge in [-0.1, -0.05) is 23.8 Å². The molecule has 2 aromatic carbocycles. The number of nitrogens with zero attached hydrogens (tertiary/aromatic N) is 2. The van der Waals surface area contributed by atoms with Crippen LogP contribution in [-0.4, -0.2) is 25.0 Å². The Balaban J connectivity index is 1.60. The monoisotopic (exact) mass is 399 g/mol. The van der Waals surface area contributed by atoms with E-state index in [1.54, 1.807) is 30.7 Å². The lowest BCUT2D eigenvalue weighted by Gasteiger charge is -2.09. The van der Waals surface area contributed by atoms with Crippen LogP contribution in [0.5, 0.6) is 11.5 Å². The van der Waals surface area contributed by atoms with Gasteiger partial charge >= 0.3 is 0 Å². The zero-order valence-electron chi connectivity index (χ0n) is 15.9. The summed E-state index contributed by atoms with van der Waals surface area (Å²) in [7, 11) is -3.73. The molecule has 1 aliphatic heterocycles. The van der Waals surface area contributed by atoms with Gasteiger partial charge in [-0.3, -0.25) is 0 Å². The van der Waals surface area contributed by atoms with E-state index in [0.29, 0.717) is 22.9 Å². The third-order valence-corrected chi connectivity index (χ3v) is 6.33. The molecule has 28 heavy (non-hydrogen) atoms. The minimum absolute atomic E-state index is 0.146. The van der Waals surface area contributed by atoms with E-state index in [9.17, 15) is 8.42 Å². The average molecular weight is 399 g/mol. The van der Waals surface area contributed by atoms with E-state index in [-0.39, 0.29) is 18.2 Å². The maximum absolute atomic E-state index is 13.0. The molecule has 0 fully saturated rings. The van der Waals surface area contributed by atoms with Crippen LogP contribution >= 0.6 is 0 Å². The predicted octanol–water partition coefficient (Wildman–Crippen LogP) is 3.00. The van der Waals surface area contributed by atoms with Gasteiger partial charge in [0.2, 0.25) is 16.8 Å². The molecule has 8 heteroatoms. The second kappa shape index (κ2) is 6.96. The normalized spacial score (nSPS) is 13.1. The van der Waals surface area contributed by atoms with Crippen LogP contribution in [0.4, 0.5) is 0 Å². The summed E-state index contributed by atoms with van der Waals surface area (Å²) in [5.41, 5.74) is 3.76. The standard InChI is InChI=1S/C20H21N3O4S/c1-13-4-7-17(8-5-13)23-15(3)20(14(2)22-23)28(24,25)21-11-16-6-9-18-19(10-16)27-12-26-18/h4-10,21H,11-12H2,1-3H3. The van der Waals surface area contributed by atoms with Crippen LogP contribution in [0.15, 0.2) is 47.4 Å². The lowest BCUT2D eigenvalue weighted by molar-refractivity contribution is 0.174. The maximum atomic E-state index is 13.0. The molecule has 0 spiro atoms. The fraction of sp³-hybridized carbons (Fsp3) is 0.250. The Kier molecular flexibility index (Phi) is 4.60. The number of benzene rings is 2. The van der Waals surface area contributed by atoms with Crippen molar-refractivity contribution in [1.82, 2.24) is 14.5 Å². The number of ether oxygens (including phenoxy) is 2. The Bertz CT molecular complexity index is 1140. The second-order valence-electron chi connectivity index (χ2n) is 6.76. The molecule has 3 aromatic rings. The molecule has 0 radical (unpaired) electrons. The largest absolute Gasteiger partial charge is 0.454 e. The van der Waals surface area contributed by atoms with E-state index in [4.69, 9.17) is 9.47 Å². The maximum Gasteiger partial charge on any atom is 0.244 e. The molecule has 7 nitrogen and oxygen atoms in total. The van der Waals surface area contributed by atoms with Crippen LogP contribution in [0, 0.1) is 20.8 Å². The summed E-state index contributed by atoms with van der Waals surface area (Å²) < 4.78 is 40.9. The fourth-order valence-electron chi connectivity index (χ4n) is 3.26. The third-order valence-electron chi connectivity index (χ3n) is 4.68. The van der Waals surface area contributed by atoms with E-state index >= 15 is 0 Å². The smallest absolute Gasteiger partial charge is 0.244 e. The van der Waals surface area contributed by atoms with Crippen molar-refractivity contribution in [2.24, 2.45) is 0 Å². The molecule has 0 saturated heterocycles. The number of sulfonamides is 1. The van der Waals surface area contributed by atoms with E-state index in [1.165, 1.54) is 0 Å². The lowest BCUT2D eigenvalue weighted by Crippen LogP contribution is -2.24. The zero-order chi connectivity index (χ0) is 19.9. The van der Waals surface area contributed by atoms with E-state index in [1.807, 2.05) is 37.3 Å². The minimum atomic E-state index is -3.73. The molecule has 0 aliphatic carbocycles. The van der Waals surface area contributed by atoms with Crippen LogP contribution in [0.2, 0.25) is 0 Å². The van der Waals surface area contributed by atoms with Crippen LogP contribution in [-0.2, 0) is 16.6 Å². The topological polar surface area (TPSA) is 82.5 Å². The number of rotatable bonds is 5. The van der Waals surface area contributed by atoms with E-state index in [0.717, 1.165) is 16.8 Å². The summed E-state index contributed by atoms with van der Waals surface area (Å²) in [4.78, 5) is 0.203. The molecule has 0 bridgehead atoms. The third kappa shape index (κ3) is 3.36. The van der Waals surface area contributed by atoms with Gasteiger partial charge in [0.05, 0.1) is 17.1 Å². The molecule has 0 unspecified atom stereocenters. The van der Waals surface area contributed by atoms with E-state index in [2.05, 4.69) is 9.82 Å². The molecule has 0 amide bonds. The zero-order valence-corrected chi connectivity index (χ0v) is 16.7. The first-order chi connectivity index (χ1) is 13.3. The van der Waals surface area contributed by atoms with Gasteiger partial charge in [0, 0.05) is 6.54 Å². The van der Waals surface area contributed by atoms with Crippen molar-refractivity contribution in [3.63, 3.8) is 0 Å². The molecule has 2 heterocycles. The Morgan fingerprint density at radius 2 is 1.75 bits per heavy atom. The van der Waals surface area contributed by atoms with Crippen molar-refractivity contribution in [3.05, 3.63) is 65.0 Å². The van der Waals surface area contributed by atoms with Crippen molar-refractivity contribution in [2.75, 3.05) is 6.79 Å². The van der Waals surface area contributed by atoms with Crippen molar-refractivity contribution in [2.45, 2.75) is 32.2 Å². The number of hydrogen-bond donors (Lipinski definition) is 1. The Morgan fingerprint density at radius 3 is 2.50 bits per heavy atom. The van der Waals surface area contributed by atoms with Crippen molar-refractivity contribution in [1.29, 1.82) is 0 Å². The first kappa shape index (κ1) is 18.5. The number of aryl methyl sites for hydroxylation is 2. The van der Waals surface area contributed by atoms with Gasteiger partial charge in [-0.2, -0.15) is 5.10 Å². The van der Waals surface area contributed by atoms with Crippen LogP contribution in [0.1, 0.15) is 22.5 Å². The van der Waals surface area contributed by atoms with Crippen molar-refractivity contribution in [3.8, 4) is 17.2 Å². The highest BCUT2D eigenvalue weighted by molar-refractivity contribution is 7.89. The summed E-state index contributed by atoms with van der Waals surface area (Å²) in [6.07, 6.45) is 0.